The second-order valence-electron chi connectivity index (χ2n) is 6.12. The molecule has 27 heavy (non-hydrogen) atoms. The van der Waals surface area contributed by atoms with Gasteiger partial charge in [-0.25, -0.2) is 13.6 Å². The third kappa shape index (κ3) is 4.61. The highest BCUT2D eigenvalue weighted by Gasteiger charge is 2.15. The molecule has 0 radical (unpaired) electrons. The summed E-state index contributed by atoms with van der Waals surface area (Å²) in [7, 11) is 0. The average molecular weight is 369 g/mol. The smallest absolute Gasteiger partial charge is 0.339 e. The fourth-order valence-electron chi connectivity index (χ4n) is 2.84. The van der Waals surface area contributed by atoms with Crippen LogP contribution in [0, 0.1) is 11.6 Å². The van der Waals surface area contributed by atoms with E-state index >= 15 is 0 Å². The van der Waals surface area contributed by atoms with Crippen molar-refractivity contribution in [3.8, 4) is 5.75 Å². The third-order valence-electron chi connectivity index (χ3n) is 4.10. The highest BCUT2D eigenvalue weighted by Crippen LogP contribution is 2.27. The van der Waals surface area contributed by atoms with Gasteiger partial charge in [-0.3, -0.25) is 0 Å². The maximum Gasteiger partial charge on any atom is 0.339 e. The summed E-state index contributed by atoms with van der Waals surface area (Å²) < 4.78 is 27.1. The molecular formula is C21H17F2NO3. The van der Waals surface area contributed by atoms with Gasteiger partial charge in [0.2, 0.25) is 0 Å². The standard InChI is InChI=1S/C21H17F2NO3/c22-16-5-1-3-14(9-16)12-24(13-15-4-2-6-17(23)10-15)18-7-8-20(25)19(11-18)21(26)27/h1-11,25H,12-13H2,(H,26,27). The van der Waals surface area contributed by atoms with Crippen LogP contribution in [0.5, 0.6) is 5.75 Å². The summed E-state index contributed by atoms with van der Waals surface area (Å²) in [6.07, 6.45) is 0. The molecule has 0 amide bonds. The Hall–Kier alpha value is -3.41. The number of hydrogen-bond donors (Lipinski definition) is 2. The Balaban J connectivity index is 1.98. The van der Waals surface area contributed by atoms with Crippen LogP contribution in [0.1, 0.15) is 21.5 Å². The van der Waals surface area contributed by atoms with Gasteiger partial charge in [-0.05, 0) is 53.6 Å². The van der Waals surface area contributed by atoms with Crippen LogP contribution in [0.25, 0.3) is 0 Å². The largest absolute Gasteiger partial charge is 0.507 e. The van der Waals surface area contributed by atoms with Crippen molar-refractivity contribution >= 4 is 11.7 Å². The van der Waals surface area contributed by atoms with Crippen molar-refractivity contribution in [3.05, 3.63) is 95.1 Å². The number of phenols is 1. The molecule has 0 unspecified atom stereocenters. The Morgan fingerprint density at radius 1 is 0.852 bits per heavy atom. The van der Waals surface area contributed by atoms with Crippen molar-refractivity contribution < 1.29 is 23.8 Å². The van der Waals surface area contributed by atoms with E-state index in [1.54, 1.807) is 35.2 Å². The van der Waals surface area contributed by atoms with Crippen LogP contribution in [0.4, 0.5) is 14.5 Å². The Kier molecular flexibility index (Phi) is 5.35. The van der Waals surface area contributed by atoms with Crippen LogP contribution in [-0.4, -0.2) is 16.2 Å². The number of hydrogen-bond acceptors (Lipinski definition) is 3. The van der Waals surface area contributed by atoms with Gasteiger partial charge in [-0.15, -0.1) is 0 Å². The molecule has 0 spiro atoms. The van der Waals surface area contributed by atoms with Crippen molar-refractivity contribution in [1.82, 2.24) is 0 Å². The van der Waals surface area contributed by atoms with Crippen molar-refractivity contribution in [2.45, 2.75) is 13.1 Å². The molecule has 3 aromatic carbocycles. The highest BCUT2D eigenvalue weighted by atomic mass is 19.1. The predicted molar refractivity (Wildman–Crippen MR) is 97.8 cm³/mol. The molecule has 0 aliphatic carbocycles. The van der Waals surface area contributed by atoms with Crippen molar-refractivity contribution in [3.63, 3.8) is 0 Å². The second kappa shape index (κ2) is 7.86. The molecule has 3 rings (SSSR count). The monoisotopic (exact) mass is 369 g/mol. The summed E-state index contributed by atoms with van der Waals surface area (Å²) >= 11 is 0. The molecule has 0 fully saturated rings. The first-order valence-corrected chi connectivity index (χ1v) is 8.22. The van der Waals surface area contributed by atoms with E-state index in [2.05, 4.69) is 0 Å². The van der Waals surface area contributed by atoms with E-state index in [1.807, 2.05) is 0 Å². The maximum atomic E-state index is 13.5. The SMILES string of the molecule is O=C(O)c1cc(N(Cc2cccc(F)c2)Cc2cccc(F)c2)ccc1O. The predicted octanol–water partition coefficient (Wildman–Crippen LogP) is 4.58. The Labute approximate surface area is 154 Å². The van der Waals surface area contributed by atoms with Crippen LogP contribution in [-0.2, 0) is 13.1 Å². The van der Waals surface area contributed by atoms with E-state index in [1.165, 1.54) is 36.4 Å². The lowest BCUT2D eigenvalue weighted by Gasteiger charge is -2.26. The fraction of sp³-hybridized carbons (Fsp3) is 0.0952. The third-order valence-corrected chi connectivity index (χ3v) is 4.10. The zero-order chi connectivity index (χ0) is 19.4. The molecule has 2 N–H and O–H groups in total. The van der Waals surface area contributed by atoms with Gasteiger partial charge in [0, 0.05) is 18.8 Å². The van der Waals surface area contributed by atoms with Gasteiger partial charge in [0.25, 0.3) is 0 Å². The highest BCUT2D eigenvalue weighted by molar-refractivity contribution is 5.92. The maximum absolute atomic E-state index is 13.5. The van der Waals surface area contributed by atoms with E-state index in [4.69, 9.17) is 0 Å². The number of carboxylic acid groups (broad SMARTS) is 1. The summed E-state index contributed by atoms with van der Waals surface area (Å²) in [6, 6.07) is 16.3. The molecule has 0 aliphatic heterocycles. The first-order valence-electron chi connectivity index (χ1n) is 8.22. The molecule has 0 saturated carbocycles. The number of aromatic hydroxyl groups is 1. The molecule has 0 atom stereocenters. The minimum absolute atomic E-state index is 0.240. The number of benzene rings is 3. The van der Waals surface area contributed by atoms with Gasteiger partial charge in [0.15, 0.2) is 0 Å². The average Bonchev–Trinajstić information content (AvgIpc) is 2.61. The van der Waals surface area contributed by atoms with Crippen molar-refractivity contribution in [1.29, 1.82) is 0 Å². The molecule has 138 valence electrons. The van der Waals surface area contributed by atoms with Gasteiger partial charge in [0.1, 0.15) is 22.9 Å². The van der Waals surface area contributed by atoms with Crippen LogP contribution in [0.3, 0.4) is 0 Å². The summed E-state index contributed by atoms with van der Waals surface area (Å²) in [5.74, 6) is -2.36. The molecule has 0 heterocycles. The molecule has 0 bridgehead atoms. The number of carboxylic acids is 1. The first kappa shape index (κ1) is 18.4. The van der Waals surface area contributed by atoms with Gasteiger partial charge in [-0.1, -0.05) is 24.3 Å². The summed E-state index contributed by atoms with van der Waals surface area (Å²) in [4.78, 5) is 13.1. The minimum atomic E-state index is -1.26. The lowest BCUT2D eigenvalue weighted by Crippen LogP contribution is -2.22. The van der Waals surface area contributed by atoms with Crippen LogP contribution in [0.15, 0.2) is 66.7 Å². The van der Waals surface area contributed by atoms with E-state index in [0.29, 0.717) is 16.8 Å². The molecule has 4 nitrogen and oxygen atoms in total. The quantitative estimate of drug-likeness (QED) is 0.668. The van der Waals surface area contributed by atoms with Gasteiger partial charge >= 0.3 is 5.97 Å². The minimum Gasteiger partial charge on any atom is -0.507 e. The lowest BCUT2D eigenvalue weighted by molar-refractivity contribution is 0.0693. The van der Waals surface area contributed by atoms with E-state index in [9.17, 15) is 23.8 Å². The number of rotatable bonds is 6. The molecule has 6 heteroatoms. The van der Waals surface area contributed by atoms with Gasteiger partial charge < -0.3 is 15.1 Å². The molecule has 0 aromatic heterocycles. The lowest BCUT2D eigenvalue weighted by atomic mass is 10.1. The number of nitrogens with zero attached hydrogens (tertiary/aromatic N) is 1. The summed E-state index contributed by atoms with van der Waals surface area (Å²) in [5.41, 5.74) is 1.63. The van der Waals surface area contributed by atoms with Crippen LogP contribution >= 0.6 is 0 Å². The number of carbonyl (C=O) groups is 1. The fourth-order valence-corrected chi connectivity index (χ4v) is 2.84. The summed E-state index contributed by atoms with van der Waals surface area (Å²) in [6.45, 7) is 0.552. The number of aromatic carboxylic acids is 1. The molecule has 3 aromatic rings. The normalized spacial score (nSPS) is 10.6. The zero-order valence-corrected chi connectivity index (χ0v) is 14.3. The number of halogens is 2. The van der Waals surface area contributed by atoms with Crippen LogP contribution in [0.2, 0.25) is 0 Å². The molecule has 0 aliphatic rings. The molecular weight excluding hydrogens is 352 g/mol. The summed E-state index contributed by atoms with van der Waals surface area (Å²) in [5, 5.41) is 19.0. The van der Waals surface area contributed by atoms with E-state index in [-0.39, 0.29) is 36.0 Å². The topological polar surface area (TPSA) is 60.8 Å². The number of anilines is 1. The Morgan fingerprint density at radius 2 is 1.41 bits per heavy atom. The van der Waals surface area contributed by atoms with Crippen molar-refractivity contribution in [2.24, 2.45) is 0 Å². The van der Waals surface area contributed by atoms with E-state index < -0.39 is 5.97 Å². The first-order chi connectivity index (χ1) is 12.9. The zero-order valence-electron chi connectivity index (χ0n) is 14.3. The van der Waals surface area contributed by atoms with Gasteiger partial charge in [-0.2, -0.15) is 0 Å². The Morgan fingerprint density at radius 3 is 1.89 bits per heavy atom. The van der Waals surface area contributed by atoms with Crippen molar-refractivity contribution in [2.75, 3.05) is 4.90 Å². The van der Waals surface area contributed by atoms with Gasteiger partial charge in [0.05, 0.1) is 0 Å². The molecule has 0 saturated heterocycles. The van der Waals surface area contributed by atoms with E-state index in [0.717, 1.165) is 0 Å². The second-order valence-corrected chi connectivity index (χ2v) is 6.12. The Bertz CT molecular complexity index is 928. The van der Waals surface area contributed by atoms with Crippen LogP contribution < -0.4 is 4.90 Å².